The van der Waals surface area contributed by atoms with E-state index in [0.717, 1.165) is 16.7 Å². The molecule has 3 rings (SSSR count). The van der Waals surface area contributed by atoms with Crippen molar-refractivity contribution in [3.05, 3.63) is 70.8 Å². The summed E-state index contributed by atoms with van der Waals surface area (Å²) in [5.74, 6) is 0.586. The van der Waals surface area contributed by atoms with Crippen molar-refractivity contribution >= 4 is 5.91 Å². The fraction of sp³-hybridized carbons (Fsp3) is 0.350. The molecule has 0 fully saturated rings. The Morgan fingerprint density at radius 1 is 1.04 bits per heavy atom. The van der Waals surface area contributed by atoms with Crippen LogP contribution in [0.1, 0.15) is 48.6 Å². The summed E-state index contributed by atoms with van der Waals surface area (Å²) in [5, 5.41) is 10.5. The number of fused-ring (bicyclic) bond motifs is 1. The van der Waals surface area contributed by atoms with Crippen LogP contribution in [-0.2, 0) is 17.9 Å². The summed E-state index contributed by atoms with van der Waals surface area (Å²) in [5.41, 5.74) is 4.10. The van der Waals surface area contributed by atoms with Gasteiger partial charge in [0.1, 0.15) is 6.10 Å². The molecule has 0 saturated carbocycles. The molecule has 3 nitrogen and oxygen atoms in total. The minimum absolute atomic E-state index is 0.210. The molecule has 1 amide bonds. The van der Waals surface area contributed by atoms with E-state index in [-0.39, 0.29) is 5.91 Å². The molecule has 120 valence electrons. The van der Waals surface area contributed by atoms with E-state index in [1.54, 1.807) is 0 Å². The standard InChI is InChI=1S/C20H23NO2/c1-14(2)10-19(22)21-12-17-9-8-16(11-18(17)13-21)20(23)15-6-4-3-5-7-15/h3-9,11,14,20,23H,10,12-13H2,1-2H3. The largest absolute Gasteiger partial charge is 0.384 e. The Bertz CT molecular complexity index is 694. The number of carbonyl (C=O) groups is 1. The number of rotatable bonds is 4. The van der Waals surface area contributed by atoms with E-state index in [1.165, 1.54) is 5.56 Å². The van der Waals surface area contributed by atoms with Gasteiger partial charge in [0, 0.05) is 19.5 Å². The molecule has 0 radical (unpaired) electrons. The molecule has 0 aromatic heterocycles. The fourth-order valence-corrected chi connectivity index (χ4v) is 3.07. The van der Waals surface area contributed by atoms with Gasteiger partial charge in [0.05, 0.1) is 0 Å². The Morgan fingerprint density at radius 2 is 1.74 bits per heavy atom. The van der Waals surface area contributed by atoms with Gasteiger partial charge in [0.15, 0.2) is 0 Å². The topological polar surface area (TPSA) is 40.5 Å². The van der Waals surface area contributed by atoms with Crippen molar-refractivity contribution in [3.63, 3.8) is 0 Å². The van der Waals surface area contributed by atoms with Gasteiger partial charge in [-0.05, 0) is 28.2 Å². The SMILES string of the molecule is CC(C)CC(=O)N1Cc2ccc(C(O)c3ccccc3)cc2C1. The van der Waals surface area contributed by atoms with Gasteiger partial charge in [-0.15, -0.1) is 0 Å². The van der Waals surface area contributed by atoms with Crippen molar-refractivity contribution in [1.29, 1.82) is 0 Å². The van der Waals surface area contributed by atoms with Crippen molar-refractivity contribution in [2.24, 2.45) is 5.92 Å². The summed E-state index contributed by atoms with van der Waals surface area (Å²) < 4.78 is 0. The van der Waals surface area contributed by atoms with Crippen LogP contribution >= 0.6 is 0 Å². The molecule has 0 saturated heterocycles. The highest BCUT2D eigenvalue weighted by Gasteiger charge is 2.24. The lowest BCUT2D eigenvalue weighted by Crippen LogP contribution is -2.26. The summed E-state index contributed by atoms with van der Waals surface area (Å²) in [7, 11) is 0. The Labute approximate surface area is 137 Å². The number of hydrogen-bond donors (Lipinski definition) is 1. The van der Waals surface area contributed by atoms with E-state index in [9.17, 15) is 9.90 Å². The quantitative estimate of drug-likeness (QED) is 0.936. The maximum Gasteiger partial charge on any atom is 0.223 e. The van der Waals surface area contributed by atoms with Gasteiger partial charge in [-0.25, -0.2) is 0 Å². The fourth-order valence-electron chi connectivity index (χ4n) is 3.07. The van der Waals surface area contributed by atoms with E-state index in [2.05, 4.69) is 13.8 Å². The summed E-state index contributed by atoms with van der Waals surface area (Å²) in [6, 6.07) is 15.7. The number of hydrogen-bond acceptors (Lipinski definition) is 2. The average molecular weight is 309 g/mol. The number of amides is 1. The summed E-state index contributed by atoms with van der Waals surface area (Å²) in [6.07, 6.45) is -0.0325. The Hall–Kier alpha value is -2.13. The Kier molecular flexibility index (Phi) is 4.49. The van der Waals surface area contributed by atoms with E-state index in [0.29, 0.717) is 25.4 Å². The molecule has 3 heteroatoms. The molecule has 1 unspecified atom stereocenters. The maximum atomic E-state index is 12.2. The summed E-state index contributed by atoms with van der Waals surface area (Å²) in [6.45, 7) is 5.46. The molecule has 1 heterocycles. The van der Waals surface area contributed by atoms with Gasteiger partial charge >= 0.3 is 0 Å². The van der Waals surface area contributed by atoms with Crippen LogP contribution in [0.15, 0.2) is 48.5 Å². The van der Waals surface area contributed by atoms with E-state index >= 15 is 0 Å². The van der Waals surface area contributed by atoms with Gasteiger partial charge in [-0.2, -0.15) is 0 Å². The van der Waals surface area contributed by atoms with E-state index in [4.69, 9.17) is 0 Å². The van der Waals surface area contributed by atoms with Crippen molar-refractivity contribution in [2.45, 2.75) is 39.5 Å². The van der Waals surface area contributed by atoms with E-state index < -0.39 is 6.10 Å². The lowest BCUT2D eigenvalue weighted by Gasteiger charge is -2.16. The van der Waals surface area contributed by atoms with Gasteiger partial charge < -0.3 is 10.0 Å². The third-order valence-corrected chi connectivity index (χ3v) is 4.32. The highest BCUT2D eigenvalue weighted by Crippen LogP contribution is 2.29. The van der Waals surface area contributed by atoms with Crippen LogP contribution in [0.5, 0.6) is 0 Å². The van der Waals surface area contributed by atoms with Crippen LogP contribution < -0.4 is 0 Å². The molecule has 1 aliphatic rings. The first kappa shape index (κ1) is 15.8. The first-order valence-electron chi connectivity index (χ1n) is 8.17. The third kappa shape index (κ3) is 3.45. The van der Waals surface area contributed by atoms with Crippen LogP contribution in [0.3, 0.4) is 0 Å². The second-order valence-electron chi connectivity index (χ2n) is 6.69. The highest BCUT2D eigenvalue weighted by molar-refractivity contribution is 5.77. The van der Waals surface area contributed by atoms with Crippen LogP contribution in [0.25, 0.3) is 0 Å². The Morgan fingerprint density at radius 3 is 2.43 bits per heavy atom. The number of aliphatic hydroxyl groups is 1. The summed E-state index contributed by atoms with van der Waals surface area (Å²) in [4.78, 5) is 14.1. The maximum absolute atomic E-state index is 12.2. The van der Waals surface area contributed by atoms with Gasteiger partial charge in [-0.3, -0.25) is 4.79 Å². The predicted molar refractivity (Wildman–Crippen MR) is 90.7 cm³/mol. The van der Waals surface area contributed by atoms with Crippen molar-refractivity contribution in [3.8, 4) is 0 Å². The van der Waals surface area contributed by atoms with Crippen LogP contribution in [0, 0.1) is 5.92 Å². The van der Waals surface area contributed by atoms with Gasteiger partial charge in [0.2, 0.25) is 5.91 Å². The predicted octanol–water partition coefficient (Wildman–Crippen LogP) is 3.66. The number of carbonyl (C=O) groups excluding carboxylic acids is 1. The van der Waals surface area contributed by atoms with Gasteiger partial charge in [-0.1, -0.05) is 62.4 Å². The average Bonchev–Trinajstić information content (AvgIpc) is 2.97. The molecule has 0 spiro atoms. The minimum atomic E-state index is -0.623. The first-order chi connectivity index (χ1) is 11.0. The van der Waals surface area contributed by atoms with E-state index in [1.807, 2.05) is 53.4 Å². The van der Waals surface area contributed by atoms with Crippen molar-refractivity contribution in [1.82, 2.24) is 4.90 Å². The van der Waals surface area contributed by atoms with Crippen LogP contribution in [-0.4, -0.2) is 15.9 Å². The lowest BCUT2D eigenvalue weighted by atomic mass is 9.98. The second-order valence-corrected chi connectivity index (χ2v) is 6.69. The molecule has 1 aliphatic heterocycles. The smallest absolute Gasteiger partial charge is 0.223 e. The molecule has 1 N–H and O–H groups in total. The van der Waals surface area contributed by atoms with Crippen LogP contribution in [0.4, 0.5) is 0 Å². The molecule has 2 aromatic carbocycles. The monoisotopic (exact) mass is 309 g/mol. The molecular weight excluding hydrogens is 286 g/mol. The minimum Gasteiger partial charge on any atom is -0.384 e. The number of benzene rings is 2. The molecule has 23 heavy (non-hydrogen) atoms. The van der Waals surface area contributed by atoms with Gasteiger partial charge in [0.25, 0.3) is 0 Å². The normalized spacial score (nSPS) is 14.9. The lowest BCUT2D eigenvalue weighted by molar-refractivity contribution is -0.132. The molecule has 2 aromatic rings. The number of nitrogens with zero attached hydrogens (tertiary/aromatic N) is 1. The zero-order valence-electron chi connectivity index (χ0n) is 13.7. The molecule has 0 aliphatic carbocycles. The van der Waals surface area contributed by atoms with Crippen LogP contribution in [0.2, 0.25) is 0 Å². The second kappa shape index (κ2) is 6.55. The highest BCUT2D eigenvalue weighted by atomic mass is 16.3. The molecule has 1 atom stereocenters. The molecular formula is C20H23NO2. The zero-order valence-corrected chi connectivity index (χ0v) is 13.7. The van der Waals surface area contributed by atoms with Crippen molar-refractivity contribution < 1.29 is 9.90 Å². The Balaban J connectivity index is 1.77. The summed E-state index contributed by atoms with van der Waals surface area (Å²) >= 11 is 0. The zero-order chi connectivity index (χ0) is 16.4. The third-order valence-electron chi connectivity index (χ3n) is 4.32. The first-order valence-corrected chi connectivity index (χ1v) is 8.17. The number of aliphatic hydroxyl groups excluding tert-OH is 1. The molecule has 0 bridgehead atoms. The van der Waals surface area contributed by atoms with Crippen molar-refractivity contribution in [2.75, 3.05) is 0 Å².